The summed E-state index contributed by atoms with van der Waals surface area (Å²) in [7, 11) is 0. The van der Waals surface area contributed by atoms with Crippen molar-refractivity contribution >= 4 is 17.7 Å². The number of carbonyl (C=O) groups is 3. The molecule has 224 valence electrons. The van der Waals surface area contributed by atoms with Crippen LogP contribution in [-0.4, -0.2) is 70.1 Å². The smallest absolute Gasteiger partial charge is 0.267 e. The predicted molar refractivity (Wildman–Crippen MR) is 148 cm³/mol. The van der Waals surface area contributed by atoms with Crippen molar-refractivity contribution in [3.05, 3.63) is 82.7 Å². The van der Waals surface area contributed by atoms with Crippen molar-refractivity contribution < 1.29 is 37.5 Å². The summed E-state index contributed by atoms with van der Waals surface area (Å²) in [4.78, 5) is 40.4. The maximum absolute atomic E-state index is 14.6. The molecule has 0 radical (unpaired) electrons. The molecule has 3 N–H and O–H groups in total. The molecule has 2 aromatic carbocycles. The van der Waals surface area contributed by atoms with E-state index >= 15 is 0 Å². The fourth-order valence-electron chi connectivity index (χ4n) is 4.96. The lowest BCUT2D eigenvalue weighted by molar-refractivity contribution is -0.147. The lowest BCUT2D eigenvalue weighted by Gasteiger charge is -2.30. The van der Waals surface area contributed by atoms with Crippen LogP contribution in [0.1, 0.15) is 46.3 Å². The van der Waals surface area contributed by atoms with E-state index in [2.05, 4.69) is 15.8 Å². The summed E-state index contributed by atoms with van der Waals surface area (Å²) in [6, 6.07) is 13.0. The molecule has 1 aromatic heterocycles. The first-order chi connectivity index (χ1) is 20.0. The van der Waals surface area contributed by atoms with Crippen LogP contribution in [-0.2, 0) is 22.6 Å². The second kappa shape index (κ2) is 13.1. The molecule has 1 saturated heterocycles. The van der Waals surface area contributed by atoms with Crippen LogP contribution in [0, 0.1) is 13.8 Å². The molecule has 3 atom stereocenters. The normalized spacial score (nSPS) is 17.4. The zero-order chi connectivity index (χ0) is 30.4. The van der Waals surface area contributed by atoms with Crippen molar-refractivity contribution in [1.82, 2.24) is 20.7 Å². The number of aliphatic hydroxyl groups excluding tert-OH is 1. The molecule has 1 aliphatic rings. The van der Waals surface area contributed by atoms with E-state index in [1.165, 1.54) is 0 Å². The highest BCUT2D eigenvalue weighted by Crippen LogP contribution is 2.33. The van der Waals surface area contributed by atoms with E-state index in [4.69, 9.17) is 9.26 Å². The molecule has 2 heterocycles. The van der Waals surface area contributed by atoms with E-state index in [1.807, 2.05) is 6.92 Å². The van der Waals surface area contributed by atoms with E-state index in [1.54, 1.807) is 68.4 Å². The van der Waals surface area contributed by atoms with E-state index in [0.717, 1.165) is 0 Å². The first kappa shape index (κ1) is 30.6. The first-order valence-corrected chi connectivity index (χ1v) is 13.6. The molecule has 1 fully saturated rings. The van der Waals surface area contributed by atoms with Gasteiger partial charge in [-0.15, -0.1) is 0 Å². The highest BCUT2D eigenvalue weighted by atomic mass is 19.3. The van der Waals surface area contributed by atoms with Gasteiger partial charge in [0.15, 0.2) is 6.10 Å². The molecule has 0 spiro atoms. The number of rotatable bonds is 11. The summed E-state index contributed by atoms with van der Waals surface area (Å²) < 4.78 is 39.6. The Balaban J connectivity index is 1.51. The number of hydrogen-bond acceptors (Lipinski definition) is 7. The third-order valence-electron chi connectivity index (χ3n) is 7.07. The van der Waals surface area contributed by atoms with Gasteiger partial charge in [-0.2, -0.15) is 0 Å². The predicted octanol–water partition coefficient (Wildman–Crippen LogP) is 2.94. The van der Waals surface area contributed by atoms with Gasteiger partial charge in [0, 0.05) is 13.0 Å². The summed E-state index contributed by atoms with van der Waals surface area (Å²) in [5.41, 5.74) is 1.85. The number of ether oxygens (including phenoxy) is 1. The van der Waals surface area contributed by atoms with Crippen molar-refractivity contribution in [3.8, 4) is 5.75 Å². The van der Waals surface area contributed by atoms with E-state index in [-0.39, 0.29) is 24.3 Å². The van der Waals surface area contributed by atoms with E-state index < -0.39 is 54.8 Å². The van der Waals surface area contributed by atoms with Crippen LogP contribution in [0.15, 0.2) is 59.1 Å². The van der Waals surface area contributed by atoms with Gasteiger partial charge in [0.1, 0.15) is 23.1 Å². The number of nitrogens with one attached hydrogen (secondary N) is 2. The minimum Gasteiger partial charge on any atom is -0.494 e. The number of benzene rings is 2. The van der Waals surface area contributed by atoms with Crippen molar-refractivity contribution in [3.63, 3.8) is 0 Å². The molecular weight excluding hydrogens is 550 g/mol. The van der Waals surface area contributed by atoms with Crippen LogP contribution < -0.4 is 15.4 Å². The van der Waals surface area contributed by atoms with Crippen LogP contribution in [0.25, 0.3) is 0 Å². The van der Waals surface area contributed by atoms with Crippen LogP contribution in [0.2, 0.25) is 0 Å². The standard InChI is InChI=1S/C30H34F2N4O6/c1-4-41-22-12-10-21(11-13-22)16-33-27(38)24-15-30(31,32)17-36(24)29(40)26(37)23(14-20-8-6-5-7-9-20)34-28(39)25-18(2)35-42-19(25)3/h5-13,23-24,26,37H,4,14-17H2,1-3H3,(H,33,38)(H,34,39)/t23-,24-,26-/m0/s1. The Kier molecular flexibility index (Phi) is 9.56. The molecule has 3 aromatic rings. The number of aryl methyl sites for hydroxylation is 2. The Hall–Kier alpha value is -4.32. The number of aliphatic hydroxyl groups is 1. The number of nitrogens with zero attached hydrogens (tertiary/aromatic N) is 2. The summed E-state index contributed by atoms with van der Waals surface area (Å²) in [5, 5.41) is 20.2. The molecule has 0 unspecified atom stereocenters. The molecule has 3 amide bonds. The second-order valence-electron chi connectivity index (χ2n) is 10.3. The molecule has 0 bridgehead atoms. The maximum Gasteiger partial charge on any atom is 0.267 e. The minimum absolute atomic E-state index is 0.0156. The largest absolute Gasteiger partial charge is 0.494 e. The Labute approximate surface area is 242 Å². The fourth-order valence-corrected chi connectivity index (χ4v) is 4.96. The SMILES string of the molecule is CCOc1ccc(CNC(=O)[C@@H]2CC(F)(F)CN2C(=O)[C@@H](O)[C@H](Cc2ccccc2)NC(=O)c2c(C)noc2C)cc1. The Morgan fingerprint density at radius 3 is 2.43 bits per heavy atom. The number of hydrogen-bond donors (Lipinski definition) is 3. The van der Waals surface area contributed by atoms with Gasteiger partial charge in [-0.1, -0.05) is 47.6 Å². The Bertz CT molecular complexity index is 1380. The lowest BCUT2D eigenvalue weighted by Crippen LogP contribution is -2.56. The topological polar surface area (TPSA) is 134 Å². The molecule has 42 heavy (non-hydrogen) atoms. The molecule has 12 heteroatoms. The van der Waals surface area contributed by atoms with Crippen LogP contribution in [0.4, 0.5) is 8.78 Å². The van der Waals surface area contributed by atoms with Crippen LogP contribution in [0.3, 0.4) is 0 Å². The van der Waals surface area contributed by atoms with Gasteiger partial charge in [0.2, 0.25) is 5.91 Å². The molecule has 1 aliphatic heterocycles. The molecule has 4 rings (SSSR count). The summed E-state index contributed by atoms with van der Waals surface area (Å²) in [5.74, 6) is -4.96. The van der Waals surface area contributed by atoms with Crippen molar-refractivity contribution in [2.45, 2.75) is 64.3 Å². The molecular formula is C30H34F2N4O6. The van der Waals surface area contributed by atoms with E-state index in [9.17, 15) is 28.3 Å². The van der Waals surface area contributed by atoms with Gasteiger partial charge >= 0.3 is 0 Å². The Morgan fingerprint density at radius 1 is 1.12 bits per heavy atom. The lowest BCUT2D eigenvalue weighted by atomic mass is 9.99. The summed E-state index contributed by atoms with van der Waals surface area (Å²) >= 11 is 0. The number of halogens is 2. The van der Waals surface area contributed by atoms with Gasteiger partial charge in [-0.05, 0) is 50.5 Å². The number of aromatic nitrogens is 1. The fraction of sp³-hybridized carbons (Fsp3) is 0.400. The average molecular weight is 585 g/mol. The summed E-state index contributed by atoms with van der Waals surface area (Å²) in [6.07, 6.45) is -2.80. The van der Waals surface area contributed by atoms with Gasteiger partial charge < -0.3 is 29.9 Å². The molecule has 0 saturated carbocycles. The minimum atomic E-state index is -3.34. The maximum atomic E-state index is 14.6. The zero-order valence-corrected chi connectivity index (χ0v) is 23.6. The van der Waals surface area contributed by atoms with Crippen molar-refractivity contribution in [1.29, 1.82) is 0 Å². The Morgan fingerprint density at radius 2 is 1.81 bits per heavy atom. The van der Waals surface area contributed by atoms with Gasteiger partial charge in [0.25, 0.3) is 17.7 Å². The average Bonchev–Trinajstić information content (AvgIpc) is 3.49. The number of carbonyl (C=O) groups excluding carboxylic acids is 3. The van der Waals surface area contributed by atoms with Gasteiger partial charge in [-0.25, -0.2) is 8.78 Å². The van der Waals surface area contributed by atoms with Crippen molar-refractivity contribution in [2.75, 3.05) is 13.2 Å². The van der Waals surface area contributed by atoms with Gasteiger partial charge in [-0.3, -0.25) is 14.4 Å². The quantitative estimate of drug-likeness (QED) is 0.316. The highest BCUT2D eigenvalue weighted by Gasteiger charge is 2.51. The monoisotopic (exact) mass is 584 g/mol. The van der Waals surface area contributed by atoms with Crippen LogP contribution >= 0.6 is 0 Å². The van der Waals surface area contributed by atoms with E-state index in [0.29, 0.717) is 34.1 Å². The number of alkyl halides is 2. The van der Waals surface area contributed by atoms with Crippen molar-refractivity contribution in [2.24, 2.45) is 0 Å². The highest BCUT2D eigenvalue weighted by molar-refractivity contribution is 5.97. The zero-order valence-electron chi connectivity index (χ0n) is 23.6. The molecule has 10 nitrogen and oxygen atoms in total. The molecule has 0 aliphatic carbocycles. The number of amides is 3. The third-order valence-corrected chi connectivity index (χ3v) is 7.07. The number of likely N-dealkylation sites (tertiary alicyclic amines) is 1. The van der Waals surface area contributed by atoms with Gasteiger partial charge in [0.05, 0.1) is 24.9 Å². The second-order valence-corrected chi connectivity index (χ2v) is 10.3. The first-order valence-electron chi connectivity index (χ1n) is 13.6. The summed E-state index contributed by atoms with van der Waals surface area (Å²) in [6.45, 7) is 4.47. The van der Waals surface area contributed by atoms with Crippen LogP contribution in [0.5, 0.6) is 5.75 Å². The third kappa shape index (κ3) is 7.30.